The van der Waals surface area contributed by atoms with Crippen LogP contribution in [0.4, 0.5) is 0 Å². The molecule has 0 amide bonds. The van der Waals surface area contributed by atoms with Gasteiger partial charge in [0.2, 0.25) is 0 Å². The summed E-state index contributed by atoms with van der Waals surface area (Å²) in [5, 5.41) is 0. The minimum absolute atomic E-state index is 0.0981. The van der Waals surface area contributed by atoms with Crippen molar-refractivity contribution in [3.63, 3.8) is 0 Å². The lowest BCUT2D eigenvalue weighted by molar-refractivity contribution is -0.167. The minimum Gasteiger partial charge on any atom is -0.462 e. The van der Waals surface area contributed by atoms with Crippen molar-refractivity contribution in [2.24, 2.45) is 0 Å². The zero-order chi connectivity index (χ0) is 55.7. The lowest BCUT2D eigenvalue weighted by Gasteiger charge is -2.18. The number of rotatable bonds is 61. The normalized spacial score (nSPS) is 12.5. The molecular weight excluding hydrogens is 949 g/mol. The maximum absolute atomic E-state index is 12.8. The van der Waals surface area contributed by atoms with Gasteiger partial charge in [0.1, 0.15) is 13.2 Å². The first-order valence-corrected chi connectivity index (χ1v) is 33.4. The minimum atomic E-state index is -0.808. The Morgan fingerprint density at radius 3 is 0.883 bits per heavy atom. The molecule has 6 heteroatoms. The number of unbranched alkanes of at least 4 members (excludes halogenated alkanes) is 38. The van der Waals surface area contributed by atoms with Crippen LogP contribution in [0.5, 0.6) is 0 Å². The van der Waals surface area contributed by atoms with Gasteiger partial charge in [0, 0.05) is 19.3 Å². The van der Waals surface area contributed by atoms with E-state index in [-0.39, 0.29) is 37.5 Å². The van der Waals surface area contributed by atoms with Crippen LogP contribution >= 0.6 is 0 Å². The fraction of sp³-hybridized carbons (Fsp3) is 0.789. The Labute approximate surface area is 478 Å². The predicted molar refractivity (Wildman–Crippen MR) is 335 cm³/mol. The van der Waals surface area contributed by atoms with Crippen molar-refractivity contribution in [1.29, 1.82) is 0 Å². The molecule has 0 heterocycles. The Bertz CT molecular complexity index is 1420. The largest absolute Gasteiger partial charge is 0.462 e. The van der Waals surface area contributed by atoms with Crippen molar-refractivity contribution in [2.45, 2.75) is 348 Å². The molecule has 0 saturated carbocycles. The maximum Gasteiger partial charge on any atom is 0.306 e. The third-order valence-corrected chi connectivity index (χ3v) is 14.7. The van der Waals surface area contributed by atoms with Crippen LogP contribution in [-0.2, 0) is 28.6 Å². The first-order valence-electron chi connectivity index (χ1n) is 33.4. The van der Waals surface area contributed by atoms with Crippen molar-refractivity contribution in [2.75, 3.05) is 13.2 Å². The molecule has 0 aromatic carbocycles. The molecule has 0 N–H and O–H groups in total. The van der Waals surface area contributed by atoms with Crippen LogP contribution in [0.25, 0.3) is 0 Å². The Morgan fingerprint density at radius 2 is 0.532 bits per heavy atom. The van der Waals surface area contributed by atoms with Crippen molar-refractivity contribution < 1.29 is 28.6 Å². The number of carbonyl (C=O) groups excluding carboxylic acids is 3. The predicted octanol–water partition coefficient (Wildman–Crippen LogP) is 22.9. The lowest BCUT2D eigenvalue weighted by Crippen LogP contribution is -2.30. The molecule has 0 aliphatic heterocycles. The van der Waals surface area contributed by atoms with E-state index in [1.807, 2.05) is 0 Å². The average molecular weight is 1080 g/mol. The Balaban J connectivity index is 4.16. The van der Waals surface area contributed by atoms with E-state index >= 15 is 0 Å². The molecule has 0 fully saturated rings. The third kappa shape index (κ3) is 63.6. The van der Waals surface area contributed by atoms with Crippen LogP contribution in [0, 0.1) is 0 Å². The second kappa shape index (κ2) is 65.4. The average Bonchev–Trinajstić information content (AvgIpc) is 3.43. The van der Waals surface area contributed by atoms with E-state index < -0.39 is 6.10 Å². The maximum atomic E-state index is 12.8. The van der Waals surface area contributed by atoms with Gasteiger partial charge in [-0.05, 0) is 77.0 Å². The molecule has 0 spiro atoms. The van der Waals surface area contributed by atoms with Gasteiger partial charge < -0.3 is 14.2 Å². The second-order valence-corrected chi connectivity index (χ2v) is 22.4. The first kappa shape index (κ1) is 73.8. The van der Waals surface area contributed by atoms with E-state index in [9.17, 15) is 14.4 Å². The summed E-state index contributed by atoms with van der Waals surface area (Å²) in [6.07, 6.45) is 85.3. The van der Waals surface area contributed by atoms with E-state index in [1.54, 1.807) is 0 Å². The highest BCUT2D eigenvalue weighted by molar-refractivity contribution is 5.71. The summed E-state index contributed by atoms with van der Waals surface area (Å²) in [7, 11) is 0. The molecule has 0 aliphatic rings. The molecule has 0 aliphatic carbocycles. The van der Waals surface area contributed by atoms with Crippen LogP contribution in [0.2, 0.25) is 0 Å². The van der Waals surface area contributed by atoms with Gasteiger partial charge in [0.15, 0.2) is 6.10 Å². The van der Waals surface area contributed by atoms with Gasteiger partial charge in [-0.1, -0.05) is 318 Å². The summed E-state index contributed by atoms with van der Waals surface area (Å²) < 4.78 is 16.8. The molecule has 0 aromatic heterocycles. The monoisotopic (exact) mass is 1070 g/mol. The summed E-state index contributed by atoms with van der Waals surface area (Å²) >= 11 is 0. The molecule has 0 aromatic rings. The Morgan fingerprint density at radius 1 is 0.273 bits per heavy atom. The molecule has 6 nitrogen and oxygen atoms in total. The van der Waals surface area contributed by atoms with Crippen LogP contribution in [-0.4, -0.2) is 37.2 Å². The van der Waals surface area contributed by atoms with E-state index in [0.717, 1.165) is 89.9 Å². The van der Waals surface area contributed by atoms with Crippen molar-refractivity contribution in [3.05, 3.63) is 72.9 Å². The quantitative estimate of drug-likeness (QED) is 0.0261. The van der Waals surface area contributed by atoms with Crippen LogP contribution < -0.4 is 0 Å². The summed E-state index contributed by atoms with van der Waals surface area (Å²) in [5.41, 5.74) is 0. The number of hydrogen-bond donors (Lipinski definition) is 0. The third-order valence-electron chi connectivity index (χ3n) is 14.7. The fourth-order valence-electron chi connectivity index (χ4n) is 9.70. The van der Waals surface area contributed by atoms with E-state index in [1.165, 1.54) is 205 Å². The van der Waals surface area contributed by atoms with Gasteiger partial charge in [-0.2, -0.15) is 0 Å². The van der Waals surface area contributed by atoms with Crippen molar-refractivity contribution in [1.82, 2.24) is 0 Å². The van der Waals surface area contributed by atoms with E-state index in [0.29, 0.717) is 19.3 Å². The van der Waals surface area contributed by atoms with Crippen molar-refractivity contribution in [3.8, 4) is 0 Å². The van der Waals surface area contributed by atoms with Crippen LogP contribution in [0.3, 0.4) is 0 Å². The molecular formula is C71H126O6. The number of ether oxygens (including phenoxy) is 3. The van der Waals surface area contributed by atoms with Crippen LogP contribution in [0.1, 0.15) is 342 Å². The number of carbonyl (C=O) groups is 3. The van der Waals surface area contributed by atoms with Gasteiger partial charge in [0.05, 0.1) is 0 Å². The molecule has 1 atom stereocenters. The van der Waals surface area contributed by atoms with Crippen molar-refractivity contribution >= 4 is 17.9 Å². The Hall–Kier alpha value is -3.15. The van der Waals surface area contributed by atoms with E-state index in [2.05, 4.69) is 93.7 Å². The molecule has 0 bridgehead atoms. The number of allylic oxidation sites excluding steroid dienone is 12. The number of esters is 3. The zero-order valence-electron chi connectivity index (χ0n) is 51.2. The second-order valence-electron chi connectivity index (χ2n) is 22.4. The lowest BCUT2D eigenvalue weighted by atomic mass is 10.0. The zero-order valence-corrected chi connectivity index (χ0v) is 51.2. The highest BCUT2D eigenvalue weighted by Crippen LogP contribution is 2.18. The van der Waals surface area contributed by atoms with Gasteiger partial charge in [0.25, 0.3) is 0 Å². The summed E-state index contributed by atoms with van der Waals surface area (Å²) in [4.78, 5) is 38.2. The molecule has 77 heavy (non-hydrogen) atoms. The standard InChI is InChI=1S/C71H126O6/c1-4-7-10-13-16-19-22-24-26-28-29-30-31-32-33-34-35-36-37-38-39-40-41-43-44-46-49-52-55-58-61-64-70(73)76-67-68(66-75-69(72)63-60-57-54-51-48-21-18-15-12-9-6-3)77-71(74)65-62-59-56-53-50-47-45-42-27-25-23-20-17-14-11-8-5-2/h8,11,15,17-18,20,25,27,45,47,53,56,68H,4-7,9-10,12-14,16,19,21-24,26,28-44,46,48-52,54-55,57-67H2,1-3H3/b11-8-,18-15-,20-17-,27-25-,47-45-,56-53-. The van der Waals surface area contributed by atoms with Crippen LogP contribution in [0.15, 0.2) is 72.9 Å². The first-order chi connectivity index (χ1) is 38.0. The fourth-order valence-corrected chi connectivity index (χ4v) is 9.70. The molecule has 0 radical (unpaired) electrons. The molecule has 0 saturated heterocycles. The topological polar surface area (TPSA) is 78.9 Å². The Kier molecular flexibility index (Phi) is 62.7. The summed E-state index contributed by atoms with van der Waals surface area (Å²) in [6, 6.07) is 0. The summed E-state index contributed by atoms with van der Waals surface area (Å²) in [6.45, 7) is 6.47. The van der Waals surface area contributed by atoms with Gasteiger partial charge in [-0.15, -0.1) is 0 Å². The molecule has 0 rings (SSSR count). The molecule has 1 unspecified atom stereocenters. The highest BCUT2D eigenvalue weighted by atomic mass is 16.6. The van der Waals surface area contributed by atoms with Gasteiger partial charge >= 0.3 is 17.9 Å². The highest BCUT2D eigenvalue weighted by Gasteiger charge is 2.19. The molecule has 446 valence electrons. The SMILES string of the molecule is CC/C=C\C/C=C\C/C=C\C/C=C\C/C=C\CCCC(=O)OC(COC(=O)CCCCCCC/C=C\CCCC)COC(=O)CCCCCCCCCCCCCCCCCCCCCCCCCCCCCCCCC. The summed E-state index contributed by atoms with van der Waals surface area (Å²) in [5.74, 6) is -0.954. The van der Waals surface area contributed by atoms with E-state index in [4.69, 9.17) is 14.2 Å². The van der Waals surface area contributed by atoms with Gasteiger partial charge in [-0.25, -0.2) is 0 Å². The smallest absolute Gasteiger partial charge is 0.306 e. The van der Waals surface area contributed by atoms with Gasteiger partial charge in [-0.3, -0.25) is 14.4 Å². The number of hydrogen-bond acceptors (Lipinski definition) is 6.